The predicted octanol–water partition coefficient (Wildman–Crippen LogP) is 3.28. The molecule has 3 aromatic rings. The summed E-state index contributed by atoms with van der Waals surface area (Å²) in [7, 11) is -7.16. The van der Waals surface area contributed by atoms with Crippen molar-refractivity contribution in [2.75, 3.05) is 7.11 Å². The number of sulfonamides is 2. The van der Waals surface area contributed by atoms with Crippen LogP contribution in [0.25, 0.3) is 0 Å². The summed E-state index contributed by atoms with van der Waals surface area (Å²) in [6, 6.07) is 21.6. The highest BCUT2D eigenvalue weighted by Crippen LogP contribution is 2.27. The van der Waals surface area contributed by atoms with E-state index in [-0.39, 0.29) is 16.3 Å². The molecular weight excluding hydrogens is 398 g/mol. The first-order valence-electron chi connectivity index (χ1n) is 8.36. The first-order valence-corrected chi connectivity index (χ1v) is 11.2. The molecule has 0 aliphatic heterocycles. The molecule has 0 bridgehead atoms. The molecule has 3 aromatic carbocycles. The van der Waals surface area contributed by atoms with Crippen molar-refractivity contribution in [1.82, 2.24) is 3.71 Å². The maximum Gasteiger partial charge on any atom is 0.256 e. The molecular formula is C20H19NO5S2. The van der Waals surface area contributed by atoms with Gasteiger partial charge in [-0.3, -0.25) is 0 Å². The standard InChI is InChI=1S/C20H19NO5S2/c1-26-18-10-8-9-17(15-18)16-21(27(22,23)19-11-4-2-5-12-19)28(24,25)20-13-6-3-7-14-20/h2-15H,16H2,1H3. The van der Waals surface area contributed by atoms with Crippen LogP contribution < -0.4 is 4.74 Å². The number of nitrogens with zero attached hydrogens (tertiary/aromatic N) is 1. The number of ether oxygens (including phenoxy) is 1. The maximum absolute atomic E-state index is 13.2. The van der Waals surface area contributed by atoms with Gasteiger partial charge in [0.1, 0.15) is 5.75 Å². The van der Waals surface area contributed by atoms with Gasteiger partial charge < -0.3 is 4.74 Å². The highest BCUT2D eigenvalue weighted by molar-refractivity contribution is 8.04. The van der Waals surface area contributed by atoms with Crippen molar-refractivity contribution in [2.24, 2.45) is 0 Å². The van der Waals surface area contributed by atoms with Crippen molar-refractivity contribution in [3.05, 3.63) is 90.5 Å². The summed E-state index contributed by atoms with van der Waals surface area (Å²) in [6.45, 7) is -0.356. The van der Waals surface area contributed by atoms with E-state index < -0.39 is 20.0 Å². The van der Waals surface area contributed by atoms with Crippen LogP contribution in [-0.2, 0) is 26.6 Å². The summed E-state index contributed by atoms with van der Waals surface area (Å²) in [6.07, 6.45) is 0. The van der Waals surface area contributed by atoms with Crippen LogP contribution in [0.5, 0.6) is 5.75 Å². The average molecular weight is 418 g/mol. The van der Waals surface area contributed by atoms with Crippen LogP contribution in [-0.4, -0.2) is 27.7 Å². The molecule has 0 aromatic heterocycles. The zero-order valence-electron chi connectivity index (χ0n) is 15.1. The van der Waals surface area contributed by atoms with Crippen molar-refractivity contribution < 1.29 is 21.6 Å². The van der Waals surface area contributed by atoms with Gasteiger partial charge >= 0.3 is 0 Å². The normalized spacial score (nSPS) is 12.1. The Morgan fingerprint density at radius 3 is 1.68 bits per heavy atom. The molecule has 0 saturated heterocycles. The monoisotopic (exact) mass is 417 g/mol. The minimum atomic E-state index is -4.32. The van der Waals surface area contributed by atoms with E-state index in [1.807, 2.05) is 0 Å². The summed E-state index contributed by atoms with van der Waals surface area (Å²) < 4.78 is 58.6. The summed E-state index contributed by atoms with van der Waals surface area (Å²) in [5, 5.41) is 0. The molecule has 0 aliphatic rings. The van der Waals surface area contributed by atoms with Crippen LogP contribution in [0.3, 0.4) is 0 Å². The van der Waals surface area contributed by atoms with Gasteiger partial charge in [0.25, 0.3) is 20.0 Å². The van der Waals surface area contributed by atoms with Gasteiger partial charge in [-0.05, 0) is 42.0 Å². The molecule has 0 unspecified atom stereocenters. The van der Waals surface area contributed by atoms with Crippen LogP contribution in [0, 0.1) is 0 Å². The third kappa shape index (κ3) is 4.09. The van der Waals surface area contributed by atoms with Crippen molar-refractivity contribution in [3.8, 4) is 5.75 Å². The van der Waals surface area contributed by atoms with Gasteiger partial charge in [0.15, 0.2) is 0 Å². The largest absolute Gasteiger partial charge is 0.497 e. The molecule has 8 heteroatoms. The van der Waals surface area contributed by atoms with Crippen molar-refractivity contribution >= 4 is 20.0 Å². The van der Waals surface area contributed by atoms with E-state index in [4.69, 9.17) is 4.74 Å². The third-order valence-corrected chi connectivity index (χ3v) is 8.31. The Hall–Kier alpha value is -2.68. The third-order valence-electron chi connectivity index (χ3n) is 4.06. The second-order valence-electron chi connectivity index (χ2n) is 5.92. The van der Waals surface area contributed by atoms with Crippen LogP contribution in [0.1, 0.15) is 5.56 Å². The van der Waals surface area contributed by atoms with E-state index in [0.29, 0.717) is 15.0 Å². The molecule has 146 valence electrons. The van der Waals surface area contributed by atoms with Crippen molar-refractivity contribution in [1.29, 1.82) is 0 Å². The van der Waals surface area contributed by atoms with Gasteiger partial charge in [-0.1, -0.05) is 52.2 Å². The van der Waals surface area contributed by atoms with Gasteiger partial charge in [0.2, 0.25) is 0 Å². The predicted molar refractivity (Wildman–Crippen MR) is 106 cm³/mol. The zero-order chi connectivity index (χ0) is 20.2. The van der Waals surface area contributed by atoms with Crippen LogP contribution in [0.2, 0.25) is 0 Å². The molecule has 0 fully saturated rings. The Kier molecular flexibility index (Phi) is 5.83. The zero-order valence-corrected chi connectivity index (χ0v) is 16.7. The lowest BCUT2D eigenvalue weighted by Crippen LogP contribution is -2.36. The van der Waals surface area contributed by atoms with E-state index in [2.05, 4.69) is 0 Å². The molecule has 0 atom stereocenters. The number of hydrogen-bond acceptors (Lipinski definition) is 5. The number of rotatable bonds is 7. The molecule has 0 aliphatic carbocycles. The summed E-state index contributed by atoms with van der Waals surface area (Å²) >= 11 is 0. The molecule has 0 saturated carbocycles. The average Bonchev–Trinajstić information content (AvgIpc) is 2.73. The smallest absolute Gasteiger partial charge is 0.256 e. The number of benzene rings is 3. The molecule has 0 heterocycles. The number of hydrogen-bond donors (Lipinski definition) is 0. The fourth-order valence-electron chi connectivity index (χ4n) is 2.64. The summed E-state index contributed by atoms with van der Waals surface area (Å²) in [5.41, 5.74) is 0.485. The molecule has 28 heavy (non-hydrogen) atoms. The number of methoxy groups -OCH3 is 1. The molecule has 0 amide bonds. The van der Waals surface area contributed by atoms with Gasteiger partial charge in [-0.15, -0.1) is 0 Å². The van der Waals surface area contributed by atoms with Gasteiger partial charge in [0, 0.05) is 0 Å². The van der Waals surface area contributed by atoms with E-state index in [0.717, 1.165) is 0 Å². The highest BCUT2D eigenvalue weighted by Gasteiger charge is 2.36. The Balaban J connectivity index is 2.14. The first kappa shape index (κ1) is 20.1. The van der Waals surface area contributed by atoms with Crippen LogP contribution in [0.4, 0.5) is 0 Å². The maximum atomic E-state index is 13.2. The molecule has 3 rings (SSSR count). The topological polar surface area (TPSA) is 80.8 Å². The lowest BCUT2D eigenvalue weighted by Gasteiger charge is -2.22. The van der Waals surface area contributed by atoms with E-state index >= 15 is 0 Å². The fraction of sp³-hybridized carbons (Fsp3) is 0.100. The minimum Gasteiger partial charge on any atom is -0.497 e. The minimum absolute atomic E-state index is 0.0996. The fourth-order valence-corrected chi connectivity index (χ4v) is 6.30. The Labute approximate surface area is 165 Å². The lowest BCUT2D eigenvalue weighted by atomic mass is 10.2. The van der Waals surface area contributed by atoms with Crippen molar-refractivity contribution in [2.45, 2.75) is 16.3 Å². The second-order valence-corrected chi connectivity index (χ2v) is 9.87. The van der Waals surface area contributed by atoms with Gasteiger partial charge in [-0.2, -0.15) is 0 Å². The first-order chi connectivity index (χ1) is 13.4. The SMILES string of the molecule is COc1cccc(CN(S(=O)(=O)c2ccccc2)S(=O)(=O)c2ccccc2)c1. The summed E-state index contributed by atoms with van der Waals surface area (Å²) in [4.78, 5) is -0.199. The van der Waals surface area contributed by atoms with E-state index in [9.17, 15) is 16.8 Å². The van der Waals surface area contributed by atoms with Crippen LogP contribution >= 0.6 is 0 Å². The van der Waals surface area contributed by atoms with Crippen molar-refractivity contribution in [3.63, 3.8) is 0 Å². The molecule has 6 nitrogen and oxygen atoms in total. The summed E-state index contributed by atoms with van der Waals surface area (Å²) in [5.74, 6) is 0.506. The van der Waals surface area contributed by atoms with Gasteiger partial charge in [-0.25, -0.2) is 16.8 Å². The van der Waals surface area contributed by atoms with Gasteiger partial charge in [0.05, 0.1) is 23.4 Å². The second kappa shape index (κ2) is 8.14. The molecule has 0 N–H and O–H groups in total. The van der Waals surface area contributed by atoms with E-state index in [1.54, 1.807) is 60.7 Å². The lowest BCUT2D eigenvalue weighted by molar-refractivity contribution is 0.413. The quantitative estimate of drug-likeness (QED) is 0.589. The molecule has 0 spiro atoms. The molecule has 0 radical (unpaired) electrons. The van der Waals surface area contributed by atoms with Crippen LogP contribution in [0.15, 0.2) is 94.7 Å². The Bertz CT molecular complexity index is 1080. The van der Waals surface area contributed by atoms with E-state index in [1.165, 1.54) is 31.4 Å². The Morgan fingerprint density at radius 1 is 0.714 bits per heavy atom. The highest BCUT2D eigenvalue weighted by atomic mass is 32.3. The Morgan fingerprint density at radius 2 is 1.21 bits per heavy atom.